The number of rotatable bonds is 6. The van der Waals surface area contributed by atoms with Gasteiger partial charge in [0.25, 0.3) is 15.9 Å². The van der Waals surface area contributed by atoms with E-state index in [0.29, 0.717) is 22.7 Å². The van der Waals surface area contributed by atoms with Crippen LogP contribution in [-0.4, -0.2) is 28.9 Å². The minimum atomic E-state index is -3.86. The lowest BCUT2D eigenvalue weighted by Gasteiger charge is -2.15. The first-order valence-electron chi connectivity index (χ1n) is 10.1. The fourth-order valence-corrected chi connectivity index (χ4v) is 4.50. The molecule has 4 rings (SSSR count). The highest BCUT2D eigenvalue weighted by molar-refractivity contribution is 7.92. The molecule has 2 aromatic heterocycles. The van der Waals surface area contributed by atoms with Gasteiger partial charge in [0.15, 0.2) is 11.5 Å². The fourth-order valence-electron chi connectivity index (χ4n) is 3.43. The van der Waals surface area contributed by atoms with E-state index in [-0.39, 0.29) is 10.5 Å². The second kappa shape index (κ2) is 8.43. The van der Waals surface area contributed by atoms with E-state index < -0.39 is 22.0 Å². The summed E-state index contributed by atoms with van der Waals surface area (Å²) in [6.07, 6.45) is 1.82. The lowest BCUT2D eigenvalue weighted by atomic mass is 10.1. The zero-order valence-corrected chi connectivity index (χ0v) is 18.7. The third-order valence-electron chi connectivity index (χ3n) is 5.11. The molecule has 0 aliphatic rings. The summed E-state index contributed by atoms with van der Waals surface area (Å²) in [5.41, 5.74) is 3.01. The van der Waals surface area contributed by atoms with Gasteiger partial charge in [0.2, 0.25) is 0 Å². The Labute approximate surface area is 186 Å². The summed E-state index contributed by atoms with van der Waals surface area (Å²) in [7, 11) is -3.86. The van der Waals surface area contributed by atoms with E-state index in [1.165, 1.54) is 12.1 Å². The Morgan fingerprint density at radius 1 is 1.00 bits per heavy atom. The van der Waals surface area contributed by atoms with Crippen LogP contribution in [-0.2, 0) is 10.0 Å². The molecule has 0 fully saturated rings. The third kappa shape index (κ3) is 4.33. The predicted octanol–water partition coefficient (Wildman–Crippen LogP) is 3.64. The van der Waals surface area contributed by atoms with Crippen molar-refractivity contribution in [3.05, 3.63) is 89.4 Å². The Morgan fingerprint density at radius 3 is 2.59 bits per heavy atom. The van der Waals surface area contributed by atoms with Crippen LogP contribution in [0.25, 0.3) is 5.65 Å². The summed E-state index contributed by atoms with van der Waals surface area (Å²) in [5, 5.41) is 11.2. The first-order chi connectivity index (χ1) is 15.2. The molecule has 2 heterocycles. The van der Waals surface area contributed by atoms with Gasteiger partial charge in [-0.05, 0) is 68.3 Å². The molecule has 2 aromatic carbocycles. The van der Waals surface area contributed by atoms with Crippen molar-refractivity contribution in [2.24, 2.45) is 0 Å². The molecule has 0 radical (unpaired) electrons. The third-order valence-corrected chi connectivity index (χ3v) is 6.49. The molecule has 0 saturated heterocycles. The van der Waals surface area contributed by atoms with Crippen molar-refractivity contribution in [3.63, 3.8) is 0 Å². The maximum Gasteiger partial charge on any atom is 0.261 e. The van der Waals surface area contributed by atoms with Crippen molar-refractivity contribution in [2.45, 2.75) is 31.7 Å². The van der Waals surface area contributed by atoms with Crippen molar-refractivity contribution in [1.29, 1.82) is 0 Å². The second-order valence-corrected chi connectivity index (χ2v) is 9.32. The highest BCUT2D eigenvalue weighted by atomic mass is 32.2. The average molecular weight is 450 g/mol. The number of anilines is 1. The fraction of sp³-hybridized carbons (Fsp3) is 0.174. The molecule has 1 atom stereocenters. The largest absolute Gasteiger partial charge is 0.342 e. The summed E-state index contributed by atoms with van der Waals surface area (Å²) >= 11 is 0. The van der Waals surface area contributed by atoms with Gasteiger partial charge in [-0.3, -0.25) is 13.9 Å². The van der Waals surface area contributed by atoms with Crippen LogP contribution in [0.3, 0.4) is 0 Å². The molecule has 0 bridgehead atoms. The maximum atomic E-state index is 13.0. The first-order valence-corrected chi connectivity index (χ1v) is 11.5. The monoisotopic (exact) mass is 449 g/mol. The predicted molar refractivity (Wildman–Crippen MR) is 122 cm³/mol. The van der Waals surface area contributed by atoms with Crippen molar-refractivity contribution >= 4 is 27.3 Å². The molecule has 0 spiro atoms. The van der Waals surface area contributed by atoms with Gasteiger partial charge in [0.1, 0.15) is 0 Å². The molecule has 32 heavy (non-hydrogen) atoms. The summed E-state index contributed by atoms with van der Waals surface area (Å²) in [5.74, 6) is 0.187. The highest BCUT2D eigenvalue weighted by Crippen LogP contribution is 2.21. The van der Waals surface area contributed by atoms with E-state index in [9.17, 15) is 13.2 Å². The van der Waals surface area contributed by atoms with Gasteiger partial charge in [-0.25, -0.2) is 8.42 Å². The summed E-state index contributed by atoms with van der Waals surface area (Å²) < 4.78 is 30.1. The number of amides is 1. The standard InChI is InChI=1S/C23H23N5O3S/c1-15-7-6-8-18(13-15)27-32(30,31)19-11-10-16(2)20(14-19)23(29)24-17(3)22-26-25-21-9-4-5-12-28(21)22/h4-14,17,27H,1-3H3,(H,24,29). The number of pyridine rings is 1. The molecule has 0 aliphatic heterocycles. The smallest absolute Gasteiger partial charge is 0.261 e. The molecule has 9 heteroatoms. The average Bonchev–Trinajstić information content (AvgIpc) is 3.18. The van der Waals surface area contributed by atoms with Crippen molar-refractivity contribution in [1.82, 2.24) is 19.9 Å². The number of carbonyl (C=O) groups excluding carboxylic acids is 1. The van der Waals surface area contributed by atoms with E-state index in [1.807, 2.05) is 37.4 Å². The number of benzene rings is 2. The zero-order valence-electron chi connectivity index (χ0n) is 17.9. The number of sulfonamides is 1. The Hall–Kier alpha value is -3.72. The van der Waals surface area contributed by atoms with Crippen LogP contribution >= 0.6 is 0 Å². The molecule has 1 amide bonds. The number of carbonyl (C=O) groups is 1. The molecular formula is C23H23N5O3S. The lowest BCUT2D eigenvalue weighted by molar-refractivity contribution is 0.0937. The van der Waals surface area contributed by atoms with E-state index in [2.05, 4.69) is 20.2 Å². The molecule has 0 aliphatic carbocycles. The number of aryl methyl sites for hydroxylation is 2. The molecule has 2 N–H and O–H groups in total. The molecule has 4 aromatic rings. The van der Waals surface area contributed by atoms with Crippen LogP contribution in [0.2, 0.25) is 0 Å². The van der Waals surface area contributed by atoms with E-state index in [4.69, 9.17) is 0 Å². The Kier molecular flexibility index (Phi) is 5.67. The minimum Gasteiger partial charge on any atom is -0.342 e. The number of nitrogens with one attached hydrogen (secondary N) is 2. The molecular weight excluding hydrogens is 426 g/mol. The van der Waals surface area contributed by atoms with E-state index in [1.54, 1.807) is 42.5 Å². The van der Waals surface area contributed by atoms with Gasteiger partial charge in [-0.15, -0.1) is 10.2 Å². The molecule has 1 unspecified atom stereocenters. The van der Waals surface area contributed by atoms with Gasteiger partial charge in [0.05, 0.1) is 10.9 Å². The zero-order chi connectivity index (χ0) is 22.9. The van der Waals surface area contributed by atoms with Crippen LogP contribution < -0.4 is 10.0 Å². The quantitative estimate of drug-likeness (QED) is 0.468. The van der Waals surface area contributed by atoms with Crippen LogP contribution in [0.4, 0.5) is 5.69 Å². The lowest BCUT2D eigenvalue weighted by Crippen LogP contribution is -2.29. The van der Waals surface area contributed by atoms with Gasteiger partial charge in [0, 0.05) is 17.4 Å². The van der Waals surface area contributed by atoms with Crippen LogP contribution in [0.1, 0.15) is 40.3 Å². The number of hydrogen-bond donors (Lipinski definition) is 2. The normalized spacial score (nSPS) is 12.5. The van der Waals surface area contributed by atoms with Crippen molar-refractivity contribution in [3.8, 4) is 0 Å². The molecule has 8 nitrogen and oxygen atoms in total. The van der Waals surface area contributed by atoms with Gasteiger partial charge < -0.3 is 5.32 Å². The maximum absolute atomic E-state index is 13.0. The number of aromatic nitrogens is 3. The number of fused-ring (bicyclic) bond motifs is 1. The second-order valence-electron chi connectivity index (χ2n) is 7.63. The summed E-state index contributed by atoms with van der Waals surface area (Å²) in [6, 6.07) is 16.7. The van der Waals surface area contributed by atoms with Crippen LogP contribution in [0.5, 0.6) is 0 Å². The van der Waals surface area contributed by atoms with Crippen LogP contribution in [0.15, 0.2) is 71.8 Å². The Bertz CT molecular complexity index is 1410. The SMILES string of the molecule is Cc1cccc(NS(=O)(=O)c2ccc(C)c(C(=O)NC(C)c3nnc4ccccn34)c2)c1. The van der Waals surface area contributed by atoms with Gasteiger partial charge >= 0.3 is 0 Å². The summed E-state index contributed by atoms with van der Waals surface area (Å²) in [4.78, 5) is 13.0. The Balaban J connectivity index is 1.58. The van der Waals surface area contributed by atoms with Crippen molar-refractivity contribution in [2.75, 3.05) is 4.72 Å². The molecule has 164 valence electrons. The van der Waals surface area contributed by atoms with Gasteiger partial charge in [-0.2, -0.15) is 0 Å². The topological polar surface area (TPSA) is 105 Å². The van der Waals surface area contributed by atoms with Crippen LogP contribution in [0, 0.1) is 13.8 Å². The van der Waals surface area contributed by atoms with Crippen molar-refractivity contribution < 1.29 is 13.2 Å². The Morgan fingerprint density at radius 2 is 1.81 bits per heavy atom. The first kappa shape index (κ1) is 21.5. The van der Waals surface area contributed by atoms with E-state index >= 15 is 0 Å². The number of hydrogen-bond acceptors (Lipinski definition) is 5. The summed E-state index contributed by atoms with van der Waals surface area (Å²) in [6.45, 7) is 5.44. The number of nitrogens with zero attached hydrogens (tertiary/aromatic N) is 3. The van der Waals surface area contributed by atoms with Gasteiger partial charge in [-0.1, -0.05) is 24.3 Å². The highest BCUT2D eigenvalue weighted by Gasteiger charge is 2.21. The van der Waals surface area contributed by atoms with E-state index in [0.717, 1.165) is 5.56 Å². The minimum absolute atomic E-state index is 0.00957. The molecule has 0 saturated carbocycles.